The van der Waals surface area contributed by atoms with E-state index in [1.54, 1.807) is 12.1 Å². The number of aromatic nitrogens is 3. The zero-order valence-electron chi connectivity index (χ0n) is 19.1. The van der Waals surface area contributed by atoms with E-state index in [0.717, 1.165) is 33.1 Å². The van der Waals surface area contributed by atoms with Crippen LogP contribution in [-0.2, 0) is 9.59 Å². The minimum absolute atomic E-state index is 0.0213. The Labute approximate surface area is 213 Å². The lowest BCUT2D eigenvalue weighted by atomic mass is 10.1. The van der Waals surface area contributed by atoms with Crippen molar-refractivity contribution in [2.24, 2.45) is 0 Å². The van der Waals surface area contributed by atoms with Crippen molar-refractivity contribution >= 4 is 63.2 Å². The number of aryl methyl sites for hydroxylation is 1. The van der Waals surface area contributed by atoms with Gasteiger partial charge in [-0.1, -0.05) is 48.2 Å². The van der Waals surface area contributed by atoms with Crippen LogP contribution in [0, 0.1) is 12.7 Å². The van der Waals surface area contributed by atoms with E-state index in [1.165, 1.54) is 30.0 Å². The number of rotatable bonds is 7. The maximum absolute atomic E-state index is 13.9. The van der Waals surface area contributed by atoms with Crippen molar-refractivity contribution in [2.45, 2.75) is 12.1 Å². The molecule has 4 aromatic rings. The van der Waals surface area contributed by atoms with E-state index in [0.29, 0.717) is 10.8 Å². The molecule has 1 saturated heterocycles. The fraction of sp³-hybridized carbons (Fsp3) is 0.160. The average Bonchev–Trinajstić information content (AvgIpc) is 3.40. The van der Waals surface area contributed by atoms with Gasteiger partial charge in [-0.25, -0.2) is 4.39 Å². The summed E-state index contributed by atoms with van der Waals surface area (Å²) in [5.74, 6) is -1.15. The summed E-state index contributed by atoms with van der Waals surface area (Å²) in [5, 5.41) is 12.4. The Hall–Kier alpha value is -3.70. The van der Waals surface area contributed by atoms with Crippen LogP contribution in [0.4, 0.5) is 9.18 Å². The smallest absolute Gasteiger partial charge is 0.293 e. The molecule has 1 N–H and O–H groups in total. The highest BCUT2D eigenvalue weighted by Gasteiger charge is 2.34. The summed E-state index contributed by atoms with van der Waals surface area (Å²) in [4.78, 5) is 38.5. The summed E-state index contributed by atoms with van der Waals surface area (Å²) < 4.78 is 15.8. The van der Waals surface area contributed by atoms with Crippen LogP contribution in [0.15, 0.2) is 64.7 Å². The number of nitrogens with zero attached hydrogens (tertiary/aromatic N) is 4. The van der Waals surface area contributed by atoms with Gasteiger partial charge in [0.2, 0.25) is 5.91 Å². The van der Waals surface area contributed by atoms with E-state index in [1.807, 2.05) is 41.7 Å². The van der Waals surface area contributed by atoms with E-state index < -0.39 is 17.0 Å². The van der Waals surface area contributed by atoms with Crippen LogP contribution < -0.4 is 5.32 Å². The Kier molecular flexibility index (Phi) is 6.75. The lowest BCUT2D eigenvalue weighted by Gasteiger charge is -2.13. The van der Waals surface area contributed by atoms with Gasteiger partial charge < -0.3 is 5.32 Å². The van der Waals surface area contributed by atoms with Crippen LogP contribution in [0.25, 0.3) is 22.6 Å². The number of nitrogens with one attached hydrogen (secondary N) is 1. The van der Waals surface area contributed by atoms with Gasteiger partial charge in [-0.15, -0.1) is 10.2 Å². The van der Waals surface area contributed by atoms with Crippen molar-refractivity contribution in [3.05, 3.63) is 76.4 Å². The summed E-state index contributed by atoms with van der Waals surface area (Å²) in [5.41, 5.74) is 2.99. The normalized spacial score (nSPS) is 14.9. The third-order valence-electron chi connectivity index (χ3n) is 5.63. The Bertz CT molecular complexity index is 1550. The number of halogens is 1. The molecule has 2 aromatic carbocycles. The second-order valence-electron chi connectivity index (χ2n) is 8.01. The largest absolute Gasteiger partial charge is 0.354 e. The molecule has 182 valence electrons. The quantitative estimate of drug-likeness (QED) is 0.287. The number of carbonyl (C=O) groups is 3. The second-order valence-corrected chi connectivity index (χ2v) is 9.95. The molecule has 36 heavy (non-hydrogen) atoms. The van der Waals surface area contributed by atoms with Crippen molar-refractivity contribution in [3.8, 4) is 0 Å². The summed E-state index contributed by atoms with van der Waals surface area (Å²) in [6.07, 6.45) is 1.36. The Morgan fingerprint density at radius 3 is 2.75 bits per heavy atom. The van der Waals surface area contributed by atoms with E-state index in [9.17, 15) is 18.8 Å². The first-order chi connectivity index (χ1) is 17.4. The van der Waals surface area contributed by atoms with Crippen LogP contribution in [0.3, 0.4) is 0 Å². The van der Waals surface area contributed by atoms with Gasteiger partial charge in [0.25, 0.3) is 11.1 Å². The van der Waals surface area contributed by atoms with Gasteiger partial charge >= 0.3 is 0 Å². The zero-order valence-corrected chi connectivity index (χ0v) is 20.7. The molecule has 0 spiro atoms. The number of imide groups is 1. The lowest BCUT2D eigenvalue weighted by Crippen LogP contribution is -2.37. The average molecular weight is 522 g/mol. The van der Waals surface area contributed by atoms with Gasteiger partial charge in [-0.2, -0.15) is 0 Å². The lowest BCUT2D eigenvalue weighted by molar-refractivity contribution is -0.123. The minimum Gasteiger partial charge on any atom is -0.354 e. The SMILES string of the molecule is Cc1cc2nnc(SCC(=O)NCCN3C(=O)SC(=Cc4ccccc4F)C3=O)n2c2ccccc12. The number of hydrogen-bond donors (Lipinski definition) is 1. The van der Waals surface area contributed by atoms with E-state index in [4.69, 9.17) is 0 Å². The van der Waals surface area contributed by atoms with Crippen LogP contribution in [0.5, 0.6) is 0 Å². The number of carbonyl (C=O) groups excluding carboxylic acids is 3. The standard InChI is InChI=1S/C25H20FN5O3S2/c1-15-12-21-28-29-24(31(21)19-9-5-3-7-17(15)19)35-14-22(32)27-10-11-30-23(33)20(36-25(30)34)13-16-6-2-4-8-18(16)26/h2-9,12-13H,10-11,14H2,1H3,(H,27,32). The molecule has 0 radical (unpaired) electrons. The molecule has 3 heterocycles. The third-order valence-corrected chi connectivity index (χ3v) is 7.47. The molecule has 0 aliphatic carbocycles. The molecule has 11 heteroatoms. The first kappa shape index (κ1) is 24.0. The maximum Gasteiger partial charge on any atom is 0.293 e. The minimum atomic E-state index is -0.506. The summed E-state index contributed by atoms with van der Waals surface area (Å²) in [7, 11) is 0. The molecule has 1 aliphatic heterocycles. The van der Waals surface area contributed by atoms with Crippen molar-refractivity contribution in [1.82, 2.24) is 24.8 Å². The highest BCUT2D eigenvalue weighted by Crippen LogP contribution is 2.32. The topological polar surface area (TPSA) is 96.7 Å². The van der Waals surface area contributed by atoms with Gasteiger partial charge in [0.15, 0.2) is 10.8 Å². The summed E-state index contributed by atoms with van der Waals surface area (Å²) in [6, 6.07) is 15.9. The number of pyridine rings is 1. The molecule has 0 unspecified atom stereocenters. The Morgan fingerprint density at radius 2 is 1.92 bits per heavy atom. The summed E-state index contributed by atoms with van der Waals surface area (Å²) >= 11 is 2.01. The van der Waals surface area contributed by atoms with Crippen LogP contribution in [0.1, 0.15) is 11.1 Å². The molecule has 1 aliphatic rings. The predicted octanol–water partition coefficient (Wildman–Crippen LogP) is 4.27. The van der Waals surface area contributed by atoms with Crippen molar-refractivity contribution in [1.29, 1.82) is 0 Å². The Morgan fingerprint density at radius 1 is 1.14 bits per heavy atom. The highest BCUT2D eigenvalue weighted by atomic mass is 32.2. The van der Waals surface area contributed by atoms with Crippen molar-refractivity contribution < 1.29 is 18.8 Å². The highest BCUT2D eigenvalue weighted by molar-refractivity contribution is 8.18. The number of fused-ring (bicyclic) bond motifs is 3. The third kappa shape index (κ3) is 4.71. The molecule has 3 amide bonds. The first-order valence-electron chi connectivity index (χ1n) is 11.1. The fourth-order valence-corrected chi connectivity index (χ4v) is 5.52. The van der Waals surface area contributed by atoms with Crippen LogP contribution >= 0.6 is 23.5 Å². The molecular formula is C25H20FN5O3S2. The van der Waals surface area contributed by atoms with Gasteiger partial charge in [0.1, 0.15) is 5.82 Å². The first-order valence-corrected chi connectivity index (χ1v) is 12.9. The van der Waals surface area contributed by atoms with E-state index in [-0.39, 0.29) is 35.2 Å². The van der Waals surface area contributed by atoms with E-state index >= 15 is 0 Å². The van der Waals surface area contributed by atoms with E-state index in [2.05, 4.69) is 15.5 Å². The summed E-state index contributed by atoms with van der Waals surface area (Å²) in [6.45, 7) is 2.14. The molecule has 2 aromatic heterocycles. The predicted molar refractivity (Wildman–Crippen MR) is 138 cm³/mol. The molecule has 1 fully saturated rings. The molecule has 8 nitrogen and oxygen atoms in total. The number of amides is 3. The van der Waals surface area contributed by atoms with Crippen LogP contribution in [0.2, 0.25) is 0 Å². The maximum atomic E-state index is 13.9. The molecular weight excluding hydrogens is 501 g/mol. The van der Waals surface area contributed by atoms with Gasteiger partial charge in [0.05, 0.1) is 16.2 Å². The number of hydrogen-bond acceptors (Lipinski definition) is 7. The molecule has 0 atom stereocenters. The monoisotopic (exact) mass is 521 g/mol. The number of benzene rings is 2. The van der Waals surface area contributed by atoms with Gasteiger partial charge in [-0.05, 0) is 48.5 Å². The molecule has 0 saturated carbocycles. The van der Waals surface area contributed by atoms with Crippen molar-refractivity contribution in [3.63, 3.8) is 0 Å². The number of para-hydroxylation sites is 1. The molecule has 0 bridgehead atoms. The fourth-order valence-electron chi connectivity index (χ4n) is 3.88. The van der Waals surface area contributed by atoms with Crippen molar-refractivity contribution in [2.75, 3.05) is 18.8 Å². The number of thioether (sulfide) groups is 2. The second kappa shape index (κ2) is 10.1. The molecule has 5 rings (SSSR count). The zero-order chi connectivity index (χ0) is 25.2. The van der Waals surface area contributed by atoms with Gasteiger partial charge in [0, 0.05) is 24.0 Å². The van der Waals surface area contributed by atoms with Gasteiger partial charge in [-0.3, -0.25) is 23.7 Å². The Balaban J connectivity index is 1.18. The van der Waals surface area contributed by atoms with Crippen LogP contribution in [-0.4, -0.2) is 55.4 Å².